The smallest absolute Gasteiger partial charge is 0.348 e. The number of thiophene rings is 1. The van der Waals surface area contributed by atoms with Crippen LogP contribution in [0.4, 0.5) is 5.82 Å². The number of rotatable bonds is 3. The van der Waals surface area contributed by atoms with Crippen molar-refractivity contribution >= 4 is 33.3 Å². The lowest BCUT2D eigenvalue weighted by atomic mass is 10.1. The van der Waals surface area contributed by atoms with Gasteiger partial charge in [-0.15, -0.1) is 11.3 Å². The summed E-state index contributed by atoms with van der Waals surface area (Å²) in [5.74, 6) is 2.09. The molecule has 23 heavy (non-hydrogen) atoms. The van der Waals surface area contributed by atoms with Gasteiger partial charge in [0, 0.05) is 12.6 Å². The summed E-state index contributed by atoms with van der Waals surface area (Å²) in [6.07, 6.45) is 1.17. The van der Waals surface area contributed by atoms with Gasteiger partial charge in [0.25, 0.3) is 0 Å². The van der Waals surface area contributed by atoms with E-state index in [0.29, 0.717) is 23.4 Å². The monoisotopic (exact) mass is 333 g/mol. The number of ether oxygens (including phenoxy) is 1. The van der Waals surface area contributed by atoms with Crippen molar-refractivity contribution in [2.75, 3.05) is 18.1 Å². The van der Waals surface area contributed by atoms with E-state index in [-0.39, 0.29) is 5.97 Å². The van der Waals surface area contributed by atoms with Crippen molar-refractivity contribution in [3.05, 3.63) is 16.3 Å². The van der Waals surface area contributed by atoms with Gasteiger partial charge in [-0.3, -0.25) is 0 Å². The van der Waals surface area contributed by atoms with Crippen LogP contribution in [0.3, 0.4) is 0 Å². The standard InChI is InChI=1S/C17H23N3O2S/c1-6-22-17(21)14-10(3)13-15(18-12(5)19-16(13)23-14)20-8-7-9(2)11(20)4/h9,11H,6-8H2,1-5H3. The zero-order valence-corrected chi connectivity index (χ0v) is 15.2. The molecule has 0 aromatic carbocycles. The van der Waals surface area contributed by atoms with Crippen LogP contribution in [0.1, 0.15) is 48.3 Å². The molecule has 0 N–H and O–H groups in total. The van der Waals surface area contributed by atoms with Crippen LogP contribution in [0.2, 0.25) is 0 Å². The summed E-state index contributed by atoms with van der Waals surface area (Å²) >= 11 is 1.41. The van der Waals surface area contributed by atoms with E-state index in [1.54, 1.807) is 0 Å². The molecule has 1 aliphatic rings. The molecule has 6 heteroatoms. The first-order valence-electron chi connectivity index (χ1n) is 8.15. The van der Waals surface area contributed by atoms with E-state index in [1.807, 2.05) is 20.8 Å². The molecule has 2 aromatic rings. The van der Waals surface area contributed by atoms with Crippen molar-refractivity contribution in [1.82, 2.24) is 9.97 Å². The van der Waals surface area contributed by atoms with E-state index in [9.17, 15) is 4.79 Å². The maximum absolute atomic E-state index is 12.2. The Morgan fingerprint density at radius 3 is 2.70 bits per heavy atom. The fourth-order valence-corrected chi connectivity index (χ4v) is 4.33. The Morgan fingerprint density at radius 2 is 2.09 bits per heavy atom. The van der Waals surface area contributed by atoms with E-state index < -0.39 is 0 Å². The van der Waals surface area contributed by atoms with Crippen LogP contribution in [-0.2, 0) is 4.74 Å². The van der Waals surface area contributed by atoms with E-state index in [4.69, 9.17) is 9.72 Å². The fourth-order valence-electron chi connectivity index (χ4n) is 3.21. The molecule has 2 unspecified atom stereocenters. The van der Waals surface area contributed by atoms with E-state index in [2.05, 4.69) is 23.7 Å². The number of nitrogens with zero attached hydrogens (tertiary/aromatic N) is 3. The SMILES string of the molecule is CCOC(=O)c1sc2nc(C)nc(N3CCC(C)C3C)c2c1C. The van der Waals surface area contributed by atoms with Crippen LogP contribution in [0.5, 0.6) is 0 Å². The van der Waals surface area contributed by atoms with Gasteiger partial charge in [-0.2, -0.15) is 0 Å². The fraction of sp³-hybridized carbons (Fsp3) is 0.588. The van der Waals surface area contributed by atoms with Gasteiger partial charge in [0.15, 0.2) is 0 Å². The summed E-state index contributed by atoms with van der Waals surface area (Å²) in [7, 11) is 0. The number of aromatic nitrogens is 2. The minimum Gasteiger partial charge on any atom is -0.462 e. The highest BCUT2D eigenvalue weighted by Gasteiger charge is 2.31. The van der Waals surface area contributed by atoms with Gasteiger partial charge < -0.3 is 9.64 Å². The van der Waals surface area contributed by atoms with Crippen LogP contribution in [0, 0.1) is 19.8 Å². The van der Waals surface area contributed by atoms with Crippen molar-refractivity contribution in [1.29, 1.82) is 0 Å². The molecule has 5 nitrogen and oxygen atoms in total. The first-order chi connectivity index (χ1) is 10.9. The summed E-state index contributed by atoms with van der Waals surface area (Å²) < 4.78 is 5.18. The van der Waals surface area contributed by atoms with Crippen LogP contribution >= 0.6 is 11.3 Å². The molecule has 0 aliphatic carbocycles. The number of aryl methyl sites for hydroxylation is 2. The number of hydrogen-bond acceptors (Lipinski definition) is 6. The lowest BCUT2D eigenvalue weighted by molar-refractivity contribution is 0.0531. The number of esters is 1. The highest BCUT2D eigenvalue weighted by atomic mass is 32.1. The van der Waals surface area contributed by atoms with Crippen LogP contribution in [0.15, 0.2) is 0 Å². The number of carbonyl (C=O) groups is 1. The minimum absolute atomic E-state index is 0.264. The molecule has 1 aliphatic heterocycles. The third-order valence-corrected chi connectivity index (χ3v) is 5.92. The number of hydrogen-bond donors (Lipinski definition) is 0. The lowest BCUT2D eigenvalue weighted by Gasteiger charge is -2.25. The molecular formula is C17H23N3O2S. The van der Waals surface area contributed by atoms with Crippen molar-refractivity contribution < 1.29 is 9.53 Å². The van der Waals surface area contributed by atoms with Crippen LogP contribution < -0.4 is 4.90 Å². The van der Waals surface area contributed by atoms with Gasteiger partial charge in [0.05, 0.1) is 12.0 Å². The number of fused-ring (bicyclic) bond motifs is 1. The average molecular weight is 333 g/mol. The molecule has 124 valence electrons. The predicted octanol–water partition coefficient (Wildman–Crippen LogP) is 3.72. The zero-order chi connectivity index (χ0) is 16.7. The molecule has 1 saturated heterocycles. The third-order valence-electron chi connectivity index (χ3n) is 4.76. The topological polar surface area (TPSA) is 55.3 Å². The van der Waals surface area contributed by atoms with Crippen molar-refractivity contribution in [2.45, 2.75) is 47.1 Å². The van der Waals surface area contributed by atoms with Crippen molar-refractivity contribution in [3.8, 4) is 0 Å². The summed E-state index contributed by atoms with van der Waals surface area (Å²) in [4.78, 5) is 25.3. The zero-order valence-electron chi connectivity index (χ0n) is 14.3. The van der Waals surface area contributed by atoms with Crippen molar-refractivity contribution in [3.63, 3.8) is 0 Å². The Morgan fingerprint density at radius 1 is 1.35 bits per heavy atom. The Labute approximate surface area is 140 Å². The molecule has 0 amide bonds. The third kappa shape index (κ3) is 2.69. The predicted molar refractivity (Wildman–Crippen MR) is 93.4 cm³/mol. The lowest BCUT2D eigenvalue weighted by Crippen LogP contribution is -2.30. The molecule has 0 bridgehead atoms. The molecule has 3 heterocycles. The average Bonchev–Trinajstić information content (AvgIpc) is 3.00. The second-order valence-corrected chi connectivity index (χ2v) is 7.25. The molecule has 0 spiro atoms. The molecule has 2 aromatic heterocycles. The normalized spacial score (nSPS) is 21.2. The Hall–Kier alpha value is -1.69. The summed E-state index contributed by atoms with van der Waals surface area (Å²) in [5, 5.41) is 1.00. The molecule has 2 atom stereocenters. The Balaban J connectivity index is 2.16. The number of carbonyl (C=O) groups excluding carboxylic acids is 1. The van der Waals surface area contributed by atoms with Gasteiger partial charge >= 0.3 is 5.97 Å². The maximum Gasteiger partial charge on any atom is 0.348 e. The van der Waals surface area contributed by atoms with Crippen LogP contribution in [-0.4, -0.2) is 35.1 Å². The molecular weight excluding hydrogens is 310 g/mol. The van der Waals surface area contributed by atoms with Gasteiger partial charge in [0.1, 0.15) is 21.3 Å². The second kappa shape index (κ2) is 6.07. The Bertz CT molecular complexity index is 756. The molecule has 1 fully saturated rings. The summed E-state index contributed by atoms with van der Waals surface area (Å²) in [5.41, 5.74) is 0.935. The second-order valence-electron chi connectivity index (χ2n) is 6.25. The van der Waals surface area contributed by atoms with Gasteiger partial charge in [-0.05, 0) is 45.6 Å². The minimum atomic E-state index is -0.264. The first kappa shape index (κ1) is 16.2. The summed E-state index contributed by atoms with van der Waals surface area (Å²) in [6.45, 7) is 11.6. The van der Waals surface area contributed by atoms with Gasteiger partial charge in [0.2, 0.25) is 0 Å². The van der Waals surface area contributed by atoms with E-state index in [0.717, 1.165) is 34.0 Å². The van der Waals surface area contributed by atoms with E-state index >= 15 is 0 Å². The largest absolute Gasteiger partial charge is 0.462 e. The quantitative estimate of drug-likeness (QED) is 0.801. The van der Waals surface area contributed by atoms with Crippen molar-refractivity contribution in [2.24, 2.45) is 5.92 Å². The first-order valence-corrected chi connectivity index (χ1v) is 8.97. The highest BCUT2D eigenvalue weighted by molar-refractivity contribution is 7.20. The molecule has 3 rings (SSSR count). The van der Waals surface area contributed by atoms with Gasteiger partial charge in [-0.25, -0.2) is 14.8 Å². The molecule has 0 radical (unpaired) electrons. The Kier molecular flexibility index (Phi) is 4.27. The van der Waals surface area contributed by atoms with Gasteiger partial charge in [-0.1, -0.05) is 6.92 Å². The number of anilines is 1. The van der Waals surface area contributed by atoms with E-state index in [1.165, 1.54) is 17.8 Å². The highest BCUT2D eigenvalue weighted by Crippen LogP contribution is 2.39. The maximum atomic E-state index is 12.2. The summed E-state index contributed by atoms with van der Waals surface area (Å²) in [6, 6.07) is 0.442. The molecule has 0 saturated carbocycles. The van der Waals surface area contributed by atoms with Crippen LogP contribution in [0.25, 0.3) is 10.2 Å².